The van der Waals surface area contributed by atoms with Gasteiger partial charge in [0.2, 0.25) is 0 Å². The normalized spacial score (nSPS) is 23.4. The third-order valence-corrected chi connectivity index (χ3v) is 4.47. The van der Waals surface area contributed by atoms with Crippen LogP contribution in [0, 0.1) is 22.5 Å². The van der Waals surface area contributed by atoms with Crippen LogP contribution < -0.4 is 10.1 Å². The van der Waals surface area contributed by atoms with Crippen molar-refractivity contribution in [2.75, 3.05) is 6.54 Å². The van der Waals surface area contributed by atoms with Gasteiger partial charge in [-0.1, -0.05) is 20.8 Å². The first-order valence-corrected chi connectivity index (χ1v) is 7.51. The molecule has 5 heteroatoms. The van der Waals surface area contributed by atoms with Crippen molar-refractivity contribution in [1.29, 1.82) is 0 Å². The summed E-state index contributed by atoms with van der Waals surface area (Å²) in [5.41, 5.74) is 1.04. The van der Waals surface area contributed by atoms with Crippen molar-refractivity contribution in [2.24, 2.45) is 5.41 Å². The Bertz CT molecular complexity index is 528. The Morgan fingerprint density at radius 1 is 1.48 bits per heavy atom. The van der Waals surface area contributed by atoms with E-state index in [2.05, 4.69) is 26.1 Å². The molecule has 0 heterocycles. The van der Waals surface area contributed by atoms with Crippen LogP contribution in [0.25, 0.3) is 0 Å². The molecule has 0 bridgehead atoms. The number of hydrogen-bond acceptors (Lipinski definition) is 4. The van der Waals surface area contributed by atoms with Gasteiger partial charge < -0.3 is 10.1 Å². The van der Waals surface area contributed by atoms with Gasteiger partial charge in [0.25, 0.3) is 5.69 Å². The summed E-state index contributed by atoms with van der Waals surface area (Å²) >= 11 is 0. The fraction of sp³-hybridized carbons (Fsp3) is 0.625. The van der Waals surface area contributed by atoms with Crippen molar-refractivity contribution in [2.45, 2.75) is 52.7 Å². The Labute approximate surface area is 125 Å². The number of nitro benzene ring substituents is 1. The highest BCUT2D eigenvalue weighted by atomic mass is 16.6. The summed E-state index contributed by atoms with van der Waals surface area (Å²) in [7, 11) is 0. The maximum absolute atomic E-state index is 10.9. The van der Waals surface area contributed by atoms with Gasteiger partial charge in [0.1, 0.15) is 11.9 Å². The molecule has 0 spiro atoms. The lowest BCUT2D eigenvalue weighted by molar-refractivity contribution is -0.385. The van der Waals surface area contributed by atoms with E-state index in [4.69, 9.17) is 4.74 Å². The molecule has 0 aliphatic heterocycles. The second-order valence-electron chi connectivity index (χ2n) is 6.38. The number of nitro groups is 1. The highest BCUT2D eigenvalue weighted by Gasteiger charge is 2.49. The molecule has 1 aliphatic carbocycles. The number of non-ortho nitro benzene ring substituents is 1. The lowest BCUT2D eigenvalue weighted by Crippen LogP contribution is -2.62. The molecule has 5 nitrogen and oxygen atoms in total. The molecule has 116 valence electrons. The van der Waals surface area contributed by atoms with Gasteiger partial charge in [-0.25, -0.2) is 0 Å². The van der Waals surface area contributed by atoms with Crippen LogP contribution in [0.4, 0.5) is 5.69 Å². The van der Waals surface area contributed by atoms with Crippen molar-refractivity contribution >= 4 is 5.69 Å². The van der Waals surface area contributed by atoms with Crippen LogP contribution in [0.1, 0.15) is 39.2 Å². The topological polar surface area (TPSA) is 64.4 Å². The zero-order chi connectivity index (χ0) is 15.6. The summed E-state index contributed by atoms with van der Waals surface area (Å²) in [5, 5.41) is 14.4. The van der Waals surface area contributed by atoms with Crippen LogP contribution in [-0.4, -0.2) is 23.6 Å². The molecule has 0 amide bonds. The summed E-state index contributed by atoms with van der Waals surface area (Å²) < 4.78 is 6.05. The van der Waals surface area contributed by atoms with E-state index in [1.807, 2.05) is 6.92 Å². The van der Waals surface area contributed by atoms with E-state index in [1.54, 1.807) is 6.07 Å². The molecule has 0 saturated heterocycles. The number of hydrogen-bond donors (Lipinski definition) is 1. The van der Waals surface area contributed by atoms with E-state index in [0.717, 1.165) is 24.9 Å². The van der Waals surface area contributed by atoms with E-state index in [9.17, 15) is 10.1 Å². The third-order valence-electron chi connectivity index (χ3n) is 4.47. The van der Waals surface area contributed by atoms with E-state index in [-0.39, 0.29) is 22.1 Å². The zero-order valence-electron chi connectivity index (χ0n) is 13.2. The van der Waals surface area contributed by atoms with E-state index in [0.29, 0.717) is 11.8 Å². The maximum atomic E-state index is 10.9. The zero-order valence-corrected chi connectivity index (χ0v) is 13.2. The van der Waals surface area contributed by atoms with Gasteiger partial charge in [0.15, 0.2) is 0 Å². The van der Waals surface area contributed by atoms with Crippen LogP contribution in [0.2, 0.25) is 0 Å². The summed E-state index contributed by atoms with van der Waals surface area (Å²) in [5.74, 6) is 0.621. The fourth-order valence-electron chi connectivity index (χ4n) is 2.73. The second-order valence-corrected chi connectivity index (χ2v) is 6.38. The van der Waals surface area contributed by atoms with Crippen molar-refractivity contribution < 1.29 is 9.66 Å². The van der Waals surface area contributed by atoms with Crippen molar-refractivity contribution in [3.63, 3.8) is 0 Å². The molecule has 2 unspecified atom stereocenters. The molecule has 1 fully saturated rings. The average Bonchev–Trinajstić information content (AvgIpc) is 2.43. The molecule has 1 aromatic carbocycles. The second kappa shape index (κ2) is 6.02. The van der Waals surface area contributed by atoms with Crippen LogP contribution in [-0.2, 0) is 0 Å². The Morgan fingerprint density at radius 3 is 2.76 bits per heavy atom. The third kappa shape index (κ3) is 3.18. The number of nitrogens with one attached hydrogen (secondary N) is 1. The van der Waals surface area contributed by atoms with E-state index >= 15 is 0 Å². The maximum Gasteiger partial charge on any atom is 0.273 e. The van der Waals surface area contributed by atoms with E-state index in [1.165, 1.54) is 12.1 Å². The summed E-state index contributed by atoms with van der Waals surface area (Å²) in [6, 6.07) is 5.23. The van der Waals surface area contributed by atoms with Gasteiger partial charge >= 0.3 is 0 Å². The van der Waals surface area contributed by atoms with Crippen molar-refractivity contribution in [3.05, 3.63) is 33.9 Å². The van der Waals surface area contributed by atoms with Crippen LogP contribution >= 0.6 is 0 Å². The molecule has 2 rings (SSSR count). The van der Waals surface area contributed by atoms with Crippen molar-refractivity contribution in [1.82, 2.24) is 5.32 Å². The van der Waals surface area contributed by atoms with Gasteiger partial charge in [-0.15, -0.1) is 0 Å². The molecule has 1 aromatic rings. The number of rotatable bonds is 6. The highest BCUT2D eigenvalue weighted by molar-refractivity contribution is 5.44. The van der Waals surface area contributed by atoms with Crippen LogP contribution in [0.15, 0.2) is 18.2 Å². The molecule has 21 heavy (non-hydrogen) atoms. The molecule has 1 saturated carbocycles. The minimum Gasteiger partial charge on any atom is -0.489 e. The summed E-state index contributed by atoms with van der Waals surface area (Å²) in [6.45, 7) is 9.44. The molecule has 0 radical (unpaired) electrons. The van der Waals surface area contributed by atoms with E-state index < -0.39 is 0 Å². The largest absolute Gasteiger partial charge is 0.489 e. The van der Waals surface area contributed by atoms with Gasteiger partial charge in [-0.3, -0.25) is 10.1 Å². The first kappa shape index (κ1) is 15.8. The number of nitrogens with zero attached hydrogens (tertiary/aromatic N) is 1. The highest BCUT2D eigenvalue weighted by Crippen LogP contribution is 2.43. The molecule has 2 atom stereocenters. The first-order valence-electron chi connectivity index (χ1n) is 7.51. The summed E-state index contributed by atoms with van der Waals surface area (Å²) in [4.78, 5) is 10.5. The molecule has 1 aliphatic rings. The Balaban J connectivity index is 2.06. The Hall–Kier alpha value is -1.62. The Morgan fingerprint density at radius 2 is 2.19 bits per heavy atom. The number of benzene rings is 1. The predicted molar refractivity (Wildman–Crippen MR) is 82.7 cm³/mol. The number of aryl methyl sites for hydroxylation is 1. The van der Waals surface area contributed by atoms with Crippen molar-refractivity contribution in [3.8, 4) is 5.75 Å². The molecule has 0 aromatic heterocycles. The standard InChI is InChI=1S/C16H24N2O3/c1-5-8-17-14-10-15(16(14,3)4)21-13-9-12(18(19)20)7-6-11(13)2/h6-7,9,14-15,17H,5,8,10H2,1-4H3. The van der Waals surface area contributed by atoms with Gasteiger partial charge in [-0.05, 0) is 31.5 Å². The quantitative estimate of drug-likeness (QED) is 0.644. The summed E-state index contributed by atoms with van der Waals surface area (Å²) in [6.07, 6.45) is 2.14. The SMILES string of the molecule is CCCNC1CC(Oc2cc([N+](=O)[O-])ccc2C)C1(C)C. The fourth-order valence-corrected chi connectivity index (χ4v) is 2.73. The lowest BCUT2D eigenvalue weighted by Gasteiger charge is -2.51. The van der Waals surface area contributed by atoms with Crippen LogP contribution in [0.3, 0.4) is 0 Å². The minimum absolute atomic E-state index is 0.0340. The first-order chi connectivity index (χ1) is 9.86. The minimum atomic E-state index is -0.385. The lowest BCUT2D eigenvalue weighted by atomic mass is 9.64. The average molecular weight is 292 g/mol. The monoisotopic (exact) mass is 292 g/mol. The molecular formula is C16H24N2O3. The predicted octanol–water partition coefficient (Wildman–Crippen LogP) is 3.45. The van der Waals surface area contributed by atoms with Gasteiger partial charge in [0, 0.05) is 23.9 Å². The van der Waals surface area contributed by atoms with Gasteiger partial charge in [-0.2, -0.15) is 0 Å². The molecule has 1 N–H and O–H groups in total. The number of ether oxygens (including phenoxy) is 1. The molecular weight excluding hydrogens is 268 g/mol. The van der Waals surface area contributed by atoms with Crippen LogP contribution in [0.5, 0.6) is 5.75 Å². The van der Waals surface area contributed by atoms with Gasteiger partial charge in [0.05, 0.1) is 11.0 Å². The Kier molecular flexibility index (Phi) is 4.52. The smallest absolute Gasteiger partial charge is 0.273 e.